The molecule has 0 aromatic carbocycles. The molecule has 0 radical (unpaired) electrons. The van der Waals surface area contributed by atoms with Crippen LogP contribution in [0.3, 0.4) is 0 Å². The van der Waals surface area contributed by atoms with E-state index in [1.54, 1.807) is 0 Å². The Morgan fingerprint density at radius 2 is 2.12 bits per heavy atom. The van der Waals surface area contributed by atoms with Crippen LogP contribution in [0, 0.1) is 5.92 Å². The van der Waals surface area contributed by atoms with Crippen LogP contribution in [-0.2, 0) is 0 Å². The molecular formula is C9H16N4O3. The Hall–Kier alpha value is -1.63. The van der Waals surface area contributed by atoms with Gasteiger partial charge < -0.3 is 10.4 Å². The highest BCUT2D eigenvalue weighted by Crippen LogP contribution is 2.09. The molecule has 0 saturated carbocycles. The zero-order chi connectivity index (χ0) is 12.1. The van der Waals surface area contributed by atoms with Crippen molar-refractivity contribution in [2.24, 2.45) is 5.92 Å². The van der Waals surface area contributed by atoms with Gasteiger partial charge in [-0.3, -0.25) is 9.78 Å². The van der Waals surface area contributed by atoms with Crippen LogP contribution >= 0.6 is 0 Å². The van der Waals surface area contributed by atoms with Crippen LogP contribution in [0.5, 0.6) is 0 Å². The highest BCUT2D eigenvalue weighted by molar-refractivity contribution is 5.30. The molecule has 16 heavy (non-hydrogen) atoms. The van der Waals surface area contributed by atoms with Gasteiger partial charge in [-0.2, -0.15) is 0 Å². The fourth-order valence-corrected chi connectivity index (χ4v) is 1.33. The van der Waals surface area contributed by atoms with E-state index in [0.29, 0.717) is 6.42 Å². The molecule has 0 bridgehead atoms. The first kappa shape index (κ1) is 12.4. The van der Waals surface area contributed by atoms with Gasteiger partial charge in [0.05, 0.1) is 0 Å². The van der Waals surface area contributed by atoms with E-state index in [1.807, 2.05) is 13.8 Å². The minimum absolute atomic E-state index is 0.0249. The van der Waals surface area contributed by atoms with Crippen LogP contribution in [0.2, 0.25) is 0 Å². The zero-order valence-corrected chi connectivity index (χ0v) is 9.28. The Morgan fingerprint density at radius 1 is 1.44 bits per heavy atom. The molecule has 1 aromatic heterocycles. The van der Waals surface area contributed by atoms with E-state index in [9.17, 15) is 9.59 Å². The molecule has 4 N–H and O–H groups in total. The van der Waals surface area contributed by atoms with Crippen LogP contribution < -0.4 is 16.6 Å². The summed E-state index contributed by atoms with van der Waals surface area (Å²) in [5.74, 6) is 0.298. The van der Waals surface area contributed by atoms with Crippen LogP contribution in [0.1, 0.15) is 20.3 Å². The first-order valence-corrected chi connectivity index (χ1v) is 5.11. The number of nitrogens with zero attached hydrogens (tertiary/aromatic N) is 1. The van der Waals surface area contributed by atoms with Gasteiger partial charge in [-0.1, -0.05) is 13.8 Å². The van der Waals surface area contributed by atoms with Crippen molar-refractivity contribution >= 4 is 5.82 Å². The van der Waals surface area contributed by atoms with E-state index in [0.717, 1.165) is 0 Å². The molecule has 0 amide bonds. The average molecular weight is 228 g/mol. The van der Waals surface area contributed by atoms with Gasteiger partial charge in [-0.25, -0.2) is 9.89 Å². The van der Waals surface area contributed by atoms with Crippen molar-refractivity contribution in [3.8, 4) is 0 Å². The van der Waals surface area contributed by atoms with Gasteiger partial charge in [-0.15, -0.1) is 5.10 Å². The topological polar surface area (TPSA) is 111 Å². The minimum Gasteiger partial charge on any atom is -0.396 e. The summed E-state index contributed by atoms with van der Waals surface area (Å²) < 4.78 is 0. The molecule has 1 heterocycles. The molecular weight excluding hydrogens is 212 g/mol. The Bertz CT molecular complexity index is 437. The van der Waals surface area contributed by atoms with Crippen LogP contribution in [-0.4, -0.2) is 32.9 Å². The van der Waals surface area contributed by atoms with E-state index < -0.39 is 11.2 Å². The van der Waals surface area contributed by atoms with Crippen molar-refractivity contribution in [2.75, 3.05) is 11.9 Å². The quantitative estimate of drug-likeness (QED) is 0.531. The lowest BCUT2D eigenvalue weighted by Crippen LogP contribution is -2.33. The van der Waals surface area contributed by atoms with Crippen molar-refractivity contribution in [3.63, 3.8) is 0 Å². The van der Waals surface area contributed by atoms with E-state index in [-0.39, 0.29) is 24.4 Å². The van der Waals surface area contributed by atoms with Crippen molar-refractivity contribution in [1.29, 1.82) is 0 Å². The molecule has 0 fully saturated rings. The summed E-state index contributed by atoms with van der Waals surface area (Å²) in [6.07, 6.45) is 0.512. The highest BCUT2D eigenvalue weighted by Gasteiger charge is 2.14. The second-order valence-corrected chi connectivity index (χ2v) is 3.86. The fraction of sp³-hybridized carbons (Fsp3) is 0.667. The molecule has 7 nitrogen and oxygen atoms in total. The van der Waals surface area contributed by atoms with Gasteiger partial charge in [0.2, 0.25) is 5.82 Å². The van der Waals surface area contributed by atoms with Gasteiger partial charge in [0.1, 0.15) is 0 Å². The molecule has 0 aliphatic heterocycles. The number of aromatic amines is 2. The van der Waals surface area contributed by atoms with E-state index >= 15 is 0 Å². The lowest BCUT2D eigenvalue weighted by molar-refractivity contribution is 0.267. The summed E-state index contributed by atoms with van der Waals surface area (Å²) in [7, 11) is 0. The van der Waals surface area contributed by atoms with Crippen LogP contribution in [0.15, 0.2) is 9.59 Å². The monoisotopic (exact) mass is 228 g/mol. The molecule has 1 unspecified atom stereocenters. The average Bonchev–Trinajstić information content (AvgIpc) is 2.20. The molecule has 0 aliphatic carbocycles. The Kier molecular flexibility index (Phi) is 4.24. The Morgan fingerprint density at radius 3 is 2.62 bits per heavy atom. The van der Waals surface area contributed by atoms with Crippen molar-refractivity contribution in [1.82, 2.24) is 15.2 Å². The third kappa shape index (κ3) is 3.20. The minimum atomic E-state index is -0.640. The molecule has 0 saturated heterocycles. The van der Waals surface area contributed by atoms with Gasteiger partial charge in [0, 0.05) is 12.6 Å². The maximum Gasteiger partial charge on any atom is 0.342 e. The third-order valence-electron chi connectivity index (χ3n) is 2.28. The highest BCUT2D eigenvalue weighted by atomic mass is 16.3. The molecule has 0 aliphatic rings. The van der Waals surface area contributed by atoms with Crippen LogP contribution in [0.25, 0.3) is 0 Å². The summed E-state index contributed by atoms with van der Waals surface area (Å²) in [6, 6.07) is -0.0653. The number of aliphatic hydroxyl groups excluding tert-OH is 1. The Balaban J connectivity index is 2.85. The molecule has 1 rings (SSSR count). The number of rotatable bonds is 5. The maximum absolute atomic E-state index is 11.3. The lowest BCUT2D eigenvalue weighted by atomic mass is 10.0. The van der Waals surface area contributed by atoms with Crippen molar-refractivity contribution in [2.45, 2.75) is 26.3 Å². The second kappa shape index (κ2) is 5.45. The predicted molar refractivity (Wildman–Crippen MR) is 59.4 cm³/mol. The number of hydrogen-bond acceptors (Lipinski definition) is 5. The summed E-state index contributed by atoms with van der Waals surface area (Å²) in [5.41, 5.74) is -1.20. The number of hydrogen-bond donors (Lipinski definition) is 4. The smallest absolute Gasteiger partial charge is 0.342 e. The molecule has 1 atom stereocenters. The number of nitrogens with one attached hydrogen (secondary N) is 3. The zero-order valence-electron chi connectivity index (χ0n) is 9.28. The number of H-pyrrole nitrogens is 2. The molecule has 7 heteroatoms. The van der Waals surface area contributed by atoms with Gasteiger partial charge in [-0.05, 0) is 12.3 Å². The summed E-state index contributed by atoms with van der Waals surface area (Å²) >= 11 is 0. The van der Waals surface area contributed by atoms with Crippen LogP contribution in [0.4, 0.5) is 5.82 Å². The SMILES string of the molecule is CC(C)C(CCO)Nc1n[nH]c(=O)[nH]c1=O. The van der Waals surface area contributed by atoms with Gasteiger partial charge in [0.25, 0.3) is 5.56 Å². The predicted octanol–water partition coefficient (Wildman–Crippen LogP) is -0.723. The second-order valence-electron chi connectivity index (χ2n) is 3.86. The number of aliphatic hydroxyl groups is 1. The molecule has 90 valence electrons. The number of anilines is 1. The fourth-order valence-electron chi connectivity index (χ4n) is 1.33. The largest absolute Gasteiger partial charge is 0.396 e. The van der Waals surface area contributed by atoms with E-state index in [1.165, 1.54) is 0 Å². The summed E-state index contributed by atoms with van der Waals surface area (Å²) in [4.78, 5) is 24.2. The number of aromatic nitrogens is 3. The standard InChI is InChI=1S/C9H16N4O3/c1-5(2)6(3-4-14)10-7-8(15)11-9(16)13-12-7/h5-6,14H,3-4H2,1-2H3,(H,10,12)(H2,11,13,15,16). The maximum atomic E-state index is 11.3. The normalized spacial score (nSPS) is 12.8. The Labute approximate surface area is 91.9 Å². The van der Waals surface area contributed by atoms with E-state index in [4.69, 9.17) is 5.11 Å². The van der Waals surface area contributed by atoms with E-state index in [2.05, 4.69) is 20.5 Å². The van der Waals surface area contributed by atoms with Gasteiger partial charge in [0.15, 0.2) is 0 Å². The van der Waals surface area contributed by atoms with Crippen molar-refractivity contribution < 1.29 is 5.11 Å². The molecule has 1 aromatic rings. The molecule has 0 spiro atoms. The van der Waals surface area contributed by atoms with Gasteiger partial charge >= 0.3 is 5.69 Å². The summed E-state index contributed by atoms with van der Waals surface area (Å²) in [6.45, 7) is 3.96. The first-order chi connectivity index (χ1) is 7.54. The first-order valence-electron chi connectivity index (χ1n) is 5.11. The van der Waals surface area contributed by atoms with Crippen molar-refractivity contribution in [3.05, 3.63) is 20.8 Å². The lowest BCUT2D eigenvalue weighted by Gasteiger charge is -2.21. The third-order valence-corrected chi connectivity index (χ3v) is 2.28. The summed E-state index contributed by atoms with van der Waals surface area (Å²) in [5, 5.41) is 17.5.